The van der Waals surface area contributed by atoms with Crippen molar-refractivity contribution in [1.82, 2.24) is 4.98 Å². The molecule has 0 aliphatic rings. The third-order valence-electron chi connectivity index (χ3n) is 1.91. The quantitative estimate of drug-likeness (QED) is 0.727. The van der Waals surface area contributed by atoms with Gasteiger partial charge < -0.3 is 4.98 Å². The molecule has 2 rings (SSSR count). The average Bonchev–Trinajstić information content (AvgIpc) is 2.31. The zero-order chi connectivity index (χ0) is 11.3. The molecule has 1 heterocycles. The van der Waals surface area contributed by atoms with E-state index in [-0.39, 0.29) is 12.5 Å². The van der Waals surface area contributed by atoms with Gasteiger partial charge in [0, 0.05) is 6.94 Å². The van der Waals surface area contributed by atoms with Gasteiger partial charge in [0.15, 0.2) is 6.29 Å². The molecule has 0 aliphatic carbocycles. The second-order valence-electron chi connectivity index (χ2n) is 2.76. The van der Waals surface area contributed by atoms with Gasteiger partial charge in [-0.2, -0.15) is 0 Å². The molecular weight excluding hydrogens is 190 g/mol. The molecule has 0 amide bonds. The lowest BCUT2D eigenvalue weighted by Crippen LogP contribution is -2.10. The van der Waals surface area contributed by atoms with Crippen LogP contribution < -0.4 is 5.56 Å². The summed E-state index contributed by atoms with van der Waals surface area (Å²) in [6.07, 6.45) is 0.561. The third kappa shape index (κ3) is 2.31. The summed E-state index contributed by atoms with van der Waals surface area (Å²) in [5.41, 5.74) is 0.575. The first-order valence-corrected chi connectivity index (χ1v) is 4.88. The minimum Gasteiger partial charge on any atom is -0.321 e. The topological polar surface area (TPSA) is 49.9 Å². The van der Waals surface area contributed by atoms with Crippen LogP contribution in [0.4, 0.5) is 0 Å². The summed E-state index contributed by atoms with van der Waals surface area (Å²) < 4.78 is 0. The number of carbonyl (C=O) groups is 1. The molecule has 1 N–H and O–H groups in total. The molecule has 0 saturated carbocycles. The lowest BCUT2D eigenvalue weighted by molar-refractivity contribution is 0.112. The number of hydrogen-bond acceptors (Lipinski definition) is 2. The highest BCUT2D eigenvalue weighted by molar-refractivity contribution is 5.85. The molecule has 1 aromatic heterocycles. The van der Waals surface area contributed by atoms with Gasteiger partial charge in [0.1, 0.15) is 0 Å². The van der Waals surface area contributed by atoms with E-state index < -0.39 is 0 Å². The van der Waals surface area contributed by atoms with E-state index in [1.807, 2.05) is 32.0 Å². The smallest absolute Gasteiger partial charge is 0.259 e. The molecule has 0 aliphatic heterocycles. The molecule has 0 saturated heterocycles. The summed E-state index contributed by atoms with van der Waals surface area (Å²) in [4.78, 5) is 24.3. The lowest BCUT2D eigenvalue weighted by Gasteiger charge is -1.96. The summed E-state index contributed by atoms with van der Waals surface area (Å²) in [6.45, 7) is 4.00. The fourth-order valence-electron chi connectivity index (χ4n) is 1.25. The molecule has 0 spiro atoms. The maximum absolute atomic E-state index is 11.2. The first-order chi connectivity index (χ1) is 7.31. The predicted molar refractivity (Wildman–Crippen MR) is 63.4 cm³/mol. The molecule has 0 bridgehead atoms. The van der Waals surface area contributed by atoms with Crippen molar-refractivity contribution in [3.63, 3.8) is 0 Å². The Morgan fingerprint density at radius 2 is 1.93 bits per heavy atom. The highest BCUT2D eigenvalue weighted by atomic mass is 16.1. The van der Waals surface area contributed by atoms with Crippen LogP contribution in [-0.2, 0) is 0 Å². The van der Waals surface area contributed by atoms with Crippen molar-refractivity contribution in [3.8, 4) is 0 Å². The summed E-state index contributed by atoms with van der Waals surface area (Å²) in [7, 11) is 0. The van der Waals surface area contributed by atoms with Crippen LogP contribution in [0.3, 0.4) is 0 Å². The Balaban J connectivity index is 0.000000711. The Kier molecular flexibility index (Phi) is 3.80. The summed E-state index contributed by atoms with van der Waals surface area (Å²) >= 11 is 0. The fourth-order valence-corrected chi connectivity index (χ4v) is 1.25. The molecule has 0 radical (unpaired) electrons. The van der Waals surface area contributed by atoms with Crippen molar-refractivity contribution < 1.29 is 6.22 Å². The molecular formula is C12H15NO2. The van der Waals surface area contributed by atoms with E-state index in [1.165, 1.54) is 0 Å². The molecule has 0 atom stereocenters. The zero-order valence-electron chi connectivity index (χ0n) is 8.78. The van der Waals surface area contributed by atoms with E-state index in [9.17, 15) is 9.59 Å². The highest BCUT2D eigenvalue weighted by Crippen LogP contribution is 2.08. The number of aldehydes is 1. The average molecular weight is 205 g/mol. The minimum atomic E-state index is -0.339. The van der Waals surface area contributed by atoms with Crippen molar-refractivity contribution in [2.75, 3.05) is 0 Å². The Morgan fingerprint density at radius 1 is 1.27 bits per heavy atom. The molecule has 3 heteroatoms. The van der Waals surface area contributed by atoms with Crippen molar-refractivity contribution in [2.45, 2.75) is 13.8 Å². The molecule has 1 aromatic carbocycles. The number of aromatic amines is 1. The van der Waals surface area contributed by atoms with Crippen LogP contribution in [0, 0.1) is 0 Å². The normalized spacial score (nSPS) is 9.20. The van der Waals surface area contributed by atoms with Crippen LogP contribution in [0.2, 0.25) is 0 Å². The maximum atomic E-state index is 11.2. The van der Waals surface area contributed by atoms with Gasteiger partial charge in [-0.05, 0) is 17.5 Å². The van der Waals surface area contributed by atoms with Crippen LogP contribution in [-0.4, -0.2) is 11.3 Å². The highest BCUT2D eigenvalue weighted by Gasteiger charge is 1.99. The fraction of sp³-hybridized carbons (Fsp3) is 0.167. The van der Waals surface area contributed by atoms with E-state index in [4.69, 9.17) is 0 Å². The number of para-hydroxylation sites is 1. The van der Waals surface area contributed by atoms with Gasteiger partial charge in [0.2, 0.25) is 0 Å². The van der Waals surface area contributed by atoms with Crippen LogP contribution in [0.5, 0.6) is 0 Å². The third-order valence-corrected chi connectivity index (χ3v) is 1.91. The van der Waals surface area contributed by atoms with E-state index in [1.54, 1.807) is 12.1 Å². The number of nitrogens with one attached hydrogen (secondary N) is 1. The number of aromatic nitrogens is 1. The summed E-state index contributed by atoms with van der Waals surface area (Å²) in [6, 6.07) is 8.92. The Bertz CT molecular complexity index is 520. The zero-order valence-corrected chi connectivity index (χ0v) is 8.78. The van der Waals surface area contributed by atoms with E-state index in [2.05, 4.69) is 4.98 Å². The predicted octanol–water partition coefficient (Wildman–Crippen LogP) is 2.61. The van der Waals surface area contributed by atoms with Crippen molar-refractivity contribution in [2.24, 2.45) is 0 Å². The number of hydrogen-bond donors (Lipinski definition) is 1. The minimum absolute atomic E-state index is 0. The number of H-pyrrole nitrogens is 1. The van der Waals surface area contributed by atoms with Crippen LogP contribution in [0.1, 0.15) is 25.6 Å². The molecule has 80 valence electrons. The van der Waals surface area contributed by atoms with Gasteiger partial charge >= 0.3 is 0 Å². The Labute approximate surface area is 89.2 Å². The van der Waals surface area contributed by atoms with Crippen LogP contribution in [0.15, 0.2) is 35.1 Å². The lowest BCUT2D eigenvalue weighted by atomic mass is 10.2. The summed E-state index contributed by atoms with van der Waals surface area (Å²) in [5.74, 6) is 0. The number of carbonyl (C=O) groups excluding carboxylic acids is 1. The van der Waals surface area contributed by atoms with Crippen LogP contribution in [0.25, 0.3) is 10.9 Å². The van der Waals surface area contributed by atoms with E-state index >= 15 is 0 Å². The molecule has 2 aromatic rings. The van der Waals surface area contributed by atoms with Crippen molar-refractivity contribution >= 4 is 17.2 Å². The molecule has 0 unspecified atom stereocenters. The van der Waals surface area contributed by atoms with Gasteiger partial charge in [-0.25, -0.2) is 0 Å². The van der Waals surface area contributed by atoms with Gasteiger partial charge in [-0.1, -0.05) is 32.0 Å². The second kappa shape index (κ2) is 5.10. The Hall–Kier alpha value is -1.90. The van der Waals surface area contributed by atoms with Gasteiger partial charge in [0.25, 0.3) is 5.56 Å². The van der Waals surface area contributed by atoms with E-state index in [0.717, 1.165) is 10.9 Å². The first-order valence-electron chi connectivity index (χ1n) is 4.88. The Morgan fingerprint density at radius 3 is 2.60 bits per heavy atom. The van der Waals surface area contributed by atoms with Crippen LogP contribution >= 0.6 is 0 Å². The number of benzene rings is 1. The van der Waals surface area contributed by atoms with Gasteiger partial charge in [0.05, 0.1) is 5.56 Å². The number of pyridine rings is 1. The molecule has 0 fully saturated rings. The molecule has 3 nitrogen and oxygen atoms in total. The maximum Gasteiger partial charge on any atom is 0.259 e. The second-order valence-corrected chi connectivity index (χ2v) is 2.76. The van der Waals surface area contributed by atoms with Gasteiger partial charge in [-0.3, -0.25) is 9.59 Å². The van der Waals surface area contributed by atoms with Crippen molar-refractivity contribution in [1.29, 1.82) is 0 Å². The monoisotopic (exact) mass is 205 g/mol. The first kappa shape index (κ1) is 11.2. The standard InChI is InChI=1S/C10H7NO2.C2H6.H2/c12-6-8-5-7-3-1-2-4-9(7)11-10(8)13;1-2;/h1-6H,(H,11,13);1-2H3;1H. The number of rotatable bonds is 1. The van der Waals surface area contributed by atoms with Crippen molar-refractivity contribution in [3.05, 3.63) is 46.2 Å². The SMILES string of the molecule is CC.O=Cc1cc2ccccc2[nH]c1=O.[HH]. The summed E-state index contributed by atoms with van der Waals surface area (Å²) in [5, 5.41) is 0.865. The van der Waals surface area contributed by atoms with E-state index in [0.29, 0.717) is 6.29 Å². The largest absolute Gasteiger partial charge is 0.321 e. The molecule has 15 heavy (non-hydrogen) atoms. The van der Waals surface area contributed by atoms with Gasteiger partial charge in [-0.15, -0.1) is 0 Å². The number of fused-ring (bicyclic) bond motifs is 1.